The molecule has 1 aromatic heterocycles. The van der Waals surface area contributed by atoms with Crippen molar-refractivity contribution in [1.29, 1.82) is 0 Å². The van der Waals surface area contributed by atoms with Crippen LogP contribution in [0.2, 0.25) is 0 Å². The summed E-state index contributed by atoms with van der Waals surface area (Å²) in [6.45, 7) is 1.75. The number of hydrogen-bond donors (Lipinski definition) is 1. The van der Waals surface area contributed by atoms with Gasteiger partial charge in [0, 0.05) is 23.4 Å². The van der Waals surface area contributed by atoms with Crippen LogP contribution < -0.4 is 5.32 Å². The van der Waals surface area contributed by atoms with Crippen molar-refractivity contribution in [3.05, 3.63) is 58.0 Å². The number of hydrogen-bond acceptors (Lipinski definition) is 4. The third-order valence-corrected chi connectivity index (χ3v) is 2.82. The molecule has 0 aliphatic rings. The molecule has 5 nitrogen and oxygen atoms in total. The molecule has 0 fully saturated rings. The average molecular weight is 282 g/mol. The van der Waals surface area contributed by atoms with Gasteiger partial charge in [-0.1, -0.05) is 0 Å². The standard InChI is InChI=1S/C13H12F2N2O3/c1-8(12-3-2-6-20-12)16-11-5-4-9(17(18)19)7-10(11)13(14)15/h2-8,13,16H,1H3. The van der Waals surface area contributed by atoms with Gasteiger partial charge in [-0.15, -0.1) is 0 Å². The molecule has 1 aromatic carbocycles. The van der Waals surface area contributed by atoms with E-state index < -0.39 is 16.9 Å². The number of rotatable bonds is 5. The maximum atomic E-state index is 13.0. The molecule has 0 aliphatic heterocycles. The Kier molecular flexibility index (Phi) is 3.97. The first-order valence-corrected chi connectivity index (χ1v) is 5.85. The van der Waals surface area contributed by atoms with Crippen LogP contribution in [-0.2, 0) is 0 Å². The third kappa shape index (κ3) is 2.93. The Hall–Kier alpha value is -2.44. The smallest absolute Gasteiger partial charge is 0.270 e. The number of nitro benzene ring substituents is 1. The van der Waals surface area contributed by atoms with Gasteiger partial charge in [0.05, 0.1) is 17.2 Å². The normalized spacial score (nSPS) is 12.4. The van der Waals surface area contributed by atoms with Gasteiger partial charge in [0.15, 0.2) is 0 Å². The van der Waals surface area contributed by atoms with Gasteiger partial charge in [-0.2, -0.15) is 0 Å². The topological polar surface area (TPSA) is 68.3 Å². The van der Waals surface area contributed by atoms with Crippen LogP contribution in [0.1, 0.15) is 30.7 Å². The molecule has 0 radical (unpaired) electrons. The Morgan fingerprint density at radius 3 is 2.65 bits per heavy atom. The van der Waals surface area contributed by atoms with Crippen LogP contribution in [0.5, 0.6) is 0 Å². The zero-order valence-corrected chi connectivity index (χ0v) is 10.5. The predicted octanol–water partition coefficient (Wildman–Crippen LogP) is 4.30. The highest BCUT2D eigenvalue weighted by molar-refractivity contribution is 5.57. The van der Waals surface area contributed by atoms with Crippen LogP contribution in [0.3, 0.4) is 0 Å². The fourth-order valence-corrected chi connectivity index (χ4v) is 1.82. The number of alkyl halides is 2. The minimum atomic E-state index is -2.80. The Balaban J connectivity index is 2.29. The lowest BCUT2D eigenvalue weighted by Crippen LogP contribution is -2.08. The Morgan fingerprint density at radius 2 is 2.10 bits per heavy atom. The second-order valence-electron chi connectivity index (χ2n) is 4.21. The maximum absolute atomic E-state index is 13.0. The summed E-state index contributed by atoms with van der Waals surface area (Å²) in [5.74, 6) is 0.587. The lowest BCUT2D eigenvalue weighted by Gasteiger charge is -2.16. The quantitative estimate of drug-likeness (QED) is 0.655. The molecule has 7 heteroatoms. The molecule has 0 amide bonds. The monoisotopic (exact) mass is 282 g/mol. The van der Waals surface area contributed by atoms with Crippen molar-refractivity contribution < 1.29 is 18.1 Å². The molecule has 1 heterocycles. The number of halogens is 2. The molecule has 1 N–H and O–H groups in total. The highest BCUT2D eigenvalue weighted by Crippen LogP contribution is 2.32. The molecule has 1 atom stereocenters. The van der Waals surface area contributed by atoms with E-state index in [9.17, 15) is 18.9 Å². The van der Waals surface area contributed by atoms with Gasteiger partial charge in [0.1, 0.15) is 5.76 Å². The third-order valence-electron chi connectivity index (χ3n) is 2.82. The van der Waals surface area contributed by atoms with E-state index in [0.29, 0.717) is 5.76 Å². The molecular weight excluding hydrogens is 270 g/mol. The summed E-state index contributed by atoms with van der Waals surface area (Å²) in [5.41, 5.74) is -0.622. The van der Waals surface area contributed by atoms with Crippen LogP contribution in [-0.4, -0.2) is 4.92 Å². The molecule has 20 heavy (non-hydrogen) atoms. The SMILES string of the molecule is CC(Nc1ccc([N+](=O)[O-])cc1C(F)F)c1ccco1. The van der Waals surface area contributed by atoms with E-state index in [1.807, 2.05) is 0 Å². The van der Waals surface area contributed by atoms with Crippen molar-refractivity contribution in [1.82, 2.24) is 0 Å². The predicted molar refractivity (Wildman–Crippen MR) is 68.8 cm³/mol. The van der Waals surface area contributed by atoms with Crippen LogP contribution in [0.15, 0.2) is 41.0 Å². The average Bonchev–Trinajstić information content (AvgIpc) is 2.92. The van der Waals surface area contributed by atoms with Gasteiger partial charge < -0.3 is 9.73 Å². The van der Waals surface area contributed by atoms with Crippen LogP contribution in [0.4, 0.5) is 20.2 Å². The second-order valence-corrected chi connectivity index (χ2v) is 4.21. The molecule has 2 rings (SSSR count). The van der Waals surface area contributed by atoms with Gasteiger partial charge >= 0.3 is 0 Å². The molecule has 106 valence electrons. The molecule has 1 unspecified atom stereocenters. The molecule has 0 aliphatic carbocycles. The first-order chi connectivity index (χ1) is 9.49. The van der Waals surface area contributed by atoms with Crippen LogP contribution in [0.25, 0.3) is 0 Å². The Morgan fingerprint density at radius 1 is 1.35 bits per heavy atom. The maximum Gasteiger partial charge on any atom is 0.270 e. The fraction of sp³-hybridized carbons (Fsp3) is 0.231. The summed E-state index contributed by atoms with van der Waals surface area (Å²) in [4.78, 5) is 9.92. The van der Waals surface area contributed by atoms with Gasteiger partial charge in [-0.25, -0.2) is 8.78 Å². The molecule has 0 bridgehead atoms. The van der Waals surface area contributed by atoms with E-state index >= 15 is 0 Å². The summed E-state index contributed by atoms with van der Waals surface area (Å²) in [6, 6.07) is 6.41. The van der Waals surface area contributed by atoms with E-state index in [1.54, 1.807) is 19.1 Å². The van der Waals surface area contributed by atoms with Gasteiger partial charge in [-0.05, 0) is 25.1 Å². The molecule has 0 saturated carbocycles. The number of benzene rings is 1. The number of furan rings is 1. The fourth-order valence-electron chi connectivity index (χ4n) is 1.82. The number of nitrogens with one attached hydrogen (secondary N) is 1. The summed E-state index contributed by atoms with van der Waals surface area (Å²) in [6.07, 6.45) is -1.32. The molecule has 2 aromatic rings. The Bertz CT molecular complexity index is 600. The minimum absolute atomic E-state index is 0.148. The second kappa shape index (κ2) is 5.68. The van der Waals surface area contributed by atoms with Gasteiger partial charge in [0.25, 0.3) is 12.1 Å². The Labute approximate surface area is 113 Å². The number of non-ortho nitro benzene ring substituents is 1. The summed E-state index contributed by atoms with van der Waals surface area (Å²) >= 11 is 0. The zero-order valence-electron chi connectivity index (χ0n) is 10.5. The lowest BCUT2D eigenvalue weighted by atomic mass is 10.1. The van der Waals surface area contributed by atoms with Crippen LogP contribution >= 0.6 is 0 Å². The summed E-state index contributed by atoms with van der Waals surface area (Å²) < 4.78 is 31.1. The minimum Gasteiger partial charge on any atom is -0.467 e. The van der Waals surface area contributed by atoms with Gasteiger partial charge in [-0.3, -0.25) is 10.1 Å². The van der Waals surface area contributed by atoms with Crippen molar-refractivity contribution in [2.75, 3.05) is 5.32 Å². The van der Waals surface area contributed by atoms with Crippen molar-refractivity contribution in [3.8, 4) is 0 Å². The van der Waals surface area contributed by atoms with E-state index in [2.05, 4.69) is 5.32 Å². The number of anilines is 1. The van der Waals surface area contributed by atoms with E-state index in [-0.39, 0.29) is 17.4 Å². The van der Waals surface area contributed by atoms with Crippen molar-refractivity contribution in [2.24, 2.45) is 0 Å². The first-order valence-electron chi connectivity index (χ1n) is 5.85. The molecular formula is C13H12F2N2O3. The molecule has 0 spiro atoms. The highest BCUT2D eigenvalue weighted by Gasteiger charge is 2.19. The van der Waals surface area contributed by atoms with E-state index in [4.69, 9.17) is 4.42 Å². The number of nitrogens with zero attached hydrogens (tertiary/aromatic N) is 1. The van der Waals surface area contributed by atoms with E-state index in [1.165, 1.54) is 18.4 Å². The summed E-state index contributed by atoms with van der Waals surface area (Å²) in [5, 5.41) is 13.5. The van der Waals surface area contributed by atoms with Crippen molar-refractivity contribution in [2.45, 2.75) is 19.4 Å². The highest BCUT2D eigenvalue weighted by atomic mass is 19.3. The summed E-state index contributed by atoms with van der Waals surface area (Å²) in [7, 11) is 0. The zero-order chi connectivity index (χ0) is 14.7. The van der Waals surface area contributed by atoms with Crippen molar-refractivity contribution >= 4 is 11.4 Å². The van der Waals surface area contributed by atoms with Gasteiger partial charge in [0.2, 0.25) is 0 Å². The van der Waals surface area contributed by atoms with Crippen molar-refractivity contribution in [3.63, 3.8) is 0 Å². The molecule has 0 saturated heterocycles. The van der Waals surface area contributed by atoms with E-state index in [0.717, 1.165) is 6.07 Å². The largest absolute Gasteiger partial charge is 0.467 e. The number of nitro groups is 1. The first kappa shape index (κ1) is 14.0. The lowest BCUT2D eigenvalue weighted by molar-refractivity contribution is -0.385. The van der Waals surface area contributed by atoms with Crippen LogP contribution in [0, 0.1) is 10.1 Å².